The van der Waals surface area contributed by atoms with Crippen LogP contribution in [0.2, 0.25) is 0 Å². The summed E-state index contributed by atoms with van der Waals surface area (Å²) < 4.78 is 0. The lowest BCUT2D eigenvalue weighted by atomic mass is 9.95. The number of carbonyl (C=O) groups is 1. The van der Waals surface area contributed by atoms with Gasteiger partial charge in [-0.25, -0.2) is 4.79 Å². The fourth-order valence-electron chi connectivity index (χ4n) is 2.12. The van der Waals surface area contributed by atoms with Crippen molar-refractivity contribution in [2.24, 2.45) is 0 Å². The van der Waals surface area contributed by atoms with Crippen molar-refractivity contribution in [3.63, 3.8) is 0 Å². The Morgan fingerprint density at radius 2 is 2.07 bits per heavy atom. The summed E-state index contributed by atoms with van der Waals surface area (Å²) in [5.41, 5.74) is 2.51. The van der Waals surface area contributed by atoms with Gasteiger partial charge in [-0.15, -0.1) is 0 Å². The SMILES string of the molecule is O=C(O)C1Cc2ccccc2CCC[NH2+]1. The van der Waals surface area contributed by atoms with Crippen molar-refractivity contribution in [1.82, 2.24) is 0 Å². The fourth-order valence-corrected chi connectivity index (χ4v) is 2.12. The molecule has 2 rings (SSSR count). The Labute approximate surface area is 89.1 Å². The van der Waals surface area contributed by atoms with Crippen molar-refractivity contribution >= 4 is 5.97 Å². The molecule has 1 unspecified atom stereocenters. The van der Waals surface area contributed by atoms with E-state index in [2.05, 4.69) is 6.07 Å². The van der Waals surface area contributed by atoms with Crippen LogP contribution in [0.5, 0.6) is 0 Å². The first-order chi connectivity index (χ1) is 7.27. The standard InChI is InChI=1S/C12H15NO2/c14-12(15)11-8-10-5-2-1-4-9(10)6-3-7-13-11/h1-2,4-5,11,13H,3,6-8H2,(H,14,15)/p+1. The van der Waals surface area contributed by atoms with Crippen molar-refractivity contribution in [2.45, 2.75) is 25.3 Å². The number of benzene rings is 1. The molecular weight excluding hydrogens is 190 g/mol. The largest absolute Gasteiger partial charge is 0.477 e. The minimum absolute atomic E-state index is 0.313. The number of hydrogen-bond acceptors (Lipinski definition) is 1. The van der Waals surface area contributed by atoms with Crippen LogP contribution in [0.15, 0.2) is 24.3 Å². The molecule has 0 aliphatic carbocycles. The summed E-state index contributed by atoms with van der Waals surface area (Å²) in [6.45, 7) is 0.908. The van der Waals surface area contributed by atoms with Crippen molar-refractivity contribution in [2.75, 3.05) is 6.54 Å². The first-order valence-electron chi connectivity index (χ1n) is 5.40. The van der Waals surface area contributed by atoms with Crippen LogP contribution in [0.25, 0.3) is 0 Å². The van der Waals surface area contributed by atoms with Crippen molar-refractivity contribution in [3.8, 4) is 0 Å². The van der Waals surface area contributed by atoms with E-state index in [0.29, 0.717) is 6.42 Å². The van der Waals surface area contributed by atoms with Crippen LogP contribution in [0.4, 0.5) is 0 Å². The van der Waals surface area contributed by atoms with Gasteiger partial charge in [0, 0.05) is 12.8 Å². The number of carboxylic acid groups (broad SMARTS) is 1. The molecule has 3 N–H and O–H groups in total. The van der Waals surface area contributed by atoms with E-state index in [4.69, 9.17) is 5.11 Å². The van der Waals surface area contributed by atoms with Crippen LogP contribution in [-0.2, 0) is 17.6 Å². The second-order valence-electron chi connectivity index (χ2n) is 4.05. The minimum Gasteiger partial charge on any atom is -0.477 e. The van der Waals surface area contributed by atoms with E-state index in [0.717, 1.165) is 19.4 Å². The molecule has 1 heterocycles. The Hall–Kier alpha value is -1.35. The smallest absolute Gasteiger partial charge is 0.362 e. The van der Waals surface area contributed by atoms with E-state index >= 15 is 0 Å². The maximum absolute atomic E-state index is 11.0. The third kappa shape index (κ3) is 2.36. The first kappa shape index (κ1) is 10.2. The zero-order valence-corrected chi connectivity index (χ0v) is 8.65. The normalized spacial score (nSPS) is 21.2. The Kier molecular flexibility index (Phi) is 3.02. The Bertz CT molecular complexity index is 362. The minimum atomic E-state index is -0.702. The van der Waals surface area contributed by atoms with Gasteiger partial charge in [-0.3, -0.25) is 0 Å². The van der Waals surface area contributed by atoms with Gasteiger partial charge in [0.25, 0.3) is 0 Å². The molecule has 1 aromatic carbocycles. The van der Waals surface area contributed by atoms with Gasteiger partial charge < -0.3 is 10.4 Å². The predicted octanol–water partition coefficient (Wildman–Crippen LogP) is 0.192. The zero-order chi connectivity index (χ0) is 10.7. The van der Waals surface area contributed by atoms with Crippen LogP contribution in [0, 0.1) is 0 Å². The molecule has 0 aromatic heterocycles. The molecule has 1 atom stereocenters. The highest BCUT2D eigenvalue weighted by Gasteiger charge is 2.23. The van der Waals surface area contributed by atoms with Gasteiger partial charge in [0.2, 0.25) is 0 Å². The average molecular weight is 206 g/mol. The molecule has 0 amide bonds. The fraction of sp³-hybridized carbons (Fsp3) is 0.417. The molecule has 0 bridgehead atoms. The average Bonchev–Trinajstić information content (AvgIpc) is 2.18. The molecule has 3 heteroatoms. The van der Waals surface area contributed by atoms with Crippen molar-refractivity contribution in [1.29, 1.82) is 0 Å². The molecule has 15 heavy (non-hydrogen) atoms. The maximum Gasteiger partial charge on any atom is 0.362 e. The number of aliphatic carboxylic acids is 1. The summed E-state index contributed by atoms with van der Waals surface area (Å²) in [5, 5.41) is 11.0. The number of carboxylic acids is 1. The summed E-state index contributed by atoms with van der Waals surface area (Å²) in [6, 6.07) is 7.86. The molecule has 0 spiro atoms. The monoisotopic (exact) mass is 206 g/mol. The number of quaternary nitrogens is 1. The van der Waals surface area contributed by atoms with E-state index in [1.165, 1.54) is 11.1 Å². The molecule has 1 aromatic rings. The quantitative estimate of drug-likeness (QED) is 0.689. The lowest BCUT2D eigenvalue weighted by Gasteiger charge is -2.17. The molecule has 0 saturated heterocycles. The van der Waals surface area contributed by atoms with E-state index < -0.39 is 5.97 Å². The van der Waals surface area contributed by atoms with Gasteiger partial charge in [0.05, 0.1) is 6.54 Å². The van der Waals surface area contributed by atoms with Crippen LogP contribution in [-0.4, -0.2) is 23.7 Å². The first-order valence-corrected chi connectivity index (χ1v) is 5.40. The molecule has 0 radical (unpaired) electrons. The molecule has 0 fully saturated rings. The predicted molar refractivity (Wildman–Crippen MR) is 56.7 cm³/mol. The summed E-state index contributed by atoms with van der Waals surface area (Å²) in [5.74, 6) is -0.702. The number of nitrogens with two attached hydrogens (primary N) is 1. The molecule has 1 aliphatic rings. The molecule has 1 aliphatic heterocycles. The highest BCUT2D eigenvalue weighted by atomic mass is 16.4. The zero-order valence-electron chi connectivity index (χ0n) is 8.65. The molecule has 0 saturated carbocycles. The summed E-state index contributed by atoms with van der Waals surface area (Å²) >= 11 is 0. The van der Waals surface area contributed by atoms with Crippen molar-refractivity contribution < 1.29 is 15.2 Å². The molecule has 80 valence electrons. The summed E-state index contributed by atoms with van der Waals surface area (Å²) in [7, 11) is 0. The van der Waals surface area contributed by atoms with Gasteiger partial charge in [-0.2, -0.15) is 0 Å². The van der Waals surface area contributed by atoms with Gasteiger partial charge in [-0.1, -0.05) is 24.3 Å². The Balaban J connectivity index is 2.25. The topological polar surface area (TPSA) is 53.9 Å². The van der Waals surface area contributed by atoms with E-state index in [1.807, 2.05) is 23.5 Å². The number of hydrogen-bond donors (Lipinski definition) is 2. The number of fused-ring (bicyclic) bond motifs is 1. The van der Waals surface area contributed by atoms with Crippen LogP contribution in [0.1, 0.15) is 17.5 Å². The summed E-state index contributed by atoms with van der Waals surface area (Å²) in [6.07, 6.45) is 2.77. The van der Waals surface area contributed by atoms with Gasteiger partial charge >= 0.3 is 5.97 Å². The number of aryl methyl sites for hydroxylation is 1. The Morgan fingerprint density at radius 1 is 1.33 bits per heavy atom. The van der Waals surface area contributed by atoms with Crippen LogP contribution in [0.3, 0.4) is 0 Å². The highest BCUT2D eigenvalue weighted by molar-refractivity contribution is 5.72. The highest BCUT2D eigenvalue weighted by Crippen LogP contribution is 2.13. The van der Waals surface area contributed by atoms with E-state index in [1.54, 1.807) is 0 Å². The lowest BCUT2D eigenvalue weighted by molar-refractivity contribution is -0.678. The molecular formula is C12H16NO2+. The van der Waals surface area contributed by atoms with Crippen LogP contribution >= 0.6 is 0 Å². The van der Waals surface area contributed by atoms with Gasteiger partial charge in [0.1, 0.15) is 0 Å². The maximum atomic E-state index is 11.0. The van der Waals surface area contributed by atoms with E-state index in [9.17, 15) is 4.79 Å². The Morgan fingerprint density at radius 3 is 2.80 bits per heavy atom. The third-order valence-electron chi connectivity index (χ3n) is 2.98. The molecule has 3 nitrogen and oxygen atoms in total. The van der Waals surface area contributed by atoms with Gasteiger partial charge in [0.15, 0.2) is 6.04 Å². The van der Waals surface area contributed by atoms with Crippen LogP contribution < -0.4 is 5.32 Å². The second kappa shape index (κ2) is 4.45. The lowest BCUT2D eigenvalue weighted by Crippen LogP contribution is -2.92. The number of rotatable bonds is 1. The third-order valence-corrected chi connectivity index (χ3v) is 2.98. The van der Waals surface area contributed by atoms with E-state index in [-0.39, 0.29) is 6.04 Å². The summed E-state index contributed by atoms with van der Waals surface area (Å²) in [4.78, 5) is 11.0. The van der Waals surface area contributed by atoms with Crippen molar-refractivity contribution in [3.05, 3.63) is 35.4 Å². The second-order valence-corrected chi connectivity index (χ2v) is 4.05. The van der Waals surface area contributed by atoms with Gasteiger partial charge in [-0.05, 0) is 17.5 Å².